The minimum Gasteiger partial charge on any atom is -0.495 e. The van der Waals surface area contributed by atoms with Gasteiger partial charge in [0.1, 0.15) is 17.1 Å². The summed E-state index contributed by atoms with van der Waals surface area (Å²) >= 11 is 0. The lowest BCUT2D eigenvalue weighted by atomic mass is 10.2. The van der Waals surface area contributed by atoms with Crippen LogP contribution in [0.3, 0.4) is 0 Å². The first-order valence-electron chi connectivity index (χ1n) is 9.94. The maximum atomic E-state index is 12.2. The third-order valence-corrected chi connectivity index (χ3v) is 5.37. The lowest BCUT2D eigenvalue weighted by Gasteiger charge is -2.34. The second kappa shape index (κ2) is 8.47. The molecule has 7 heteroatoms. The van der Waals surface area contributed by atoms with Gasteiger partial charge in [-0.05, 0) is 31.3 Å². The maximum absolute atomic E-state index is 12.2. The van der Waals surface area contributed by atoms with Crippen molar-refractivity contribution in [3.63, 3.8) is 0 Å². The first-order chi connectivity index (χ1) is 14.6. The molecule has 1 aromatic heterocycles. The van der Waals surface area contributed by atoms with Crippen molar-refractivity contribution in [2.24, 2.45) is 5.73 Å². The molecule has 4 rings (SSSR count). The van der Waals surface area contributed by atoms with Crippen LogP contribution in [-0.4, -0.2) is 60.8 Å². The second-order valence-corrected chi connectivity index (χ2v) is 7.32. The van der Waals surface area contributed by atoms with Crippen molar-refractivity contribution in [3.8, 4) is 17.6 Å². The molecule has 0 radical (unpaired) electrons. The van der Waals surface area contributed by atoms with E-state index >= 15 is 0 Å². The molecule has 30 heavy (non-hydrogen) atoms. The molecule has 0 spiro atoms. The van der Waals surface area contributed by atoms with Crippen LogP contribution in [-0.2, 0) is 6.42 Å². The van der Waals surface area contributed by atoms with Gasteiger partial charge in [-0.1, -0.05) is 30.0 Å². The van der Waals surface area contributed by atoms with Crippen LogP contribution in [0, 0.1) is 11.8 Å². The van der Waals surface area contributed by atoms with Crippen LogP contribution in [0.5, 0.6) is 5.75 Å². The molecular formula is C23H25N5O2. The molecule has 2 heterocycles. The Morgan fingerprint density at radius 2 is 1.90 bits per heavy atom. The Morgan fingerprint density at radius 3 is 2.63 bits per heavy atom. The predicted octanol–water partition coefficient (Wildman–Crippen LogP) is 2.32. The number of anilines is 1. The van der Waals surface area contributed by atoms with Gasteiger partial charge in [0.2, 0.25) is 0 Å². The van der Waals surface area contributed by atoms with Crippen molar-refractivity contribution in [3.05, 3.63) is 53.9 Å². The van der Waals surface area contributed by atoms with E-state index in [9.17, 15) is 4.79 Å². The highest BCUT2D eigenvalue weighted by molar-refractivity contribution is 5.96. The standard InChI is InChI=1S/C23H25N5O2/c1-26-13-15-27(16-14-26)18-9-6-10-19-22(18)25-21(28(19)23(24)29)12-5-8-17-7-3-4-11-20(17)30-2/h3-4,6-7,9-11H,12-16H2,1-2H3,(H2,24,29). The molecule has 2 aromatic carbocycles. The van der Waals surface area contributed by atoms with Gasteiger partial charge in [0, 0.05) is 26.2 Å². The van der Waals surface area contributed by atoms with E-state index < -0.39 is 6.03 Å². The largest absolute Gasteiger partial charge is 0.495 e. The first kappa shape index (κ1) is 19.8. The Kier molecular flexibility index (Phi) is 5.59. The SMILES string of the molecule is COc1ccccc1C#CCc1nc2c(N3CCN(C)CC3)cccc2n1C(N)=O. The summed E-state index contributed by atoms with van der Waals surface area (Å²) in [6.45, 7) is 3.82. The number of hydrogen-bond donors (Lipinski definition) is 1. The number of fused-ring (bicyclic) bond motifs is 1. The highest BCUT2D eigenvalue weighted by Crippen LogP contribution is 2.28. The van der Waals surface area contributed by atoms with E-state index in [4.69, 9.17) is 15.5 Å². The lowest BCUT2D eigenvalue weighted by molar-refractivity contribution is 0.250. The molecule has 1 aliphatic heterocycles. The van der Waals surface area contributed by atoms with Crippen LogP contribution >= 0.6 is 0 Å². The lowest BCUT2D eigenvalue weighted by Crippen LogP contribution is -2.44. The van der Waals surface area contributed by atoms with Crippen molar-refractivity contribution in [1.82, 2.24) is 14.5 Å². The minimum absolute atomic E-state index is 0.303. The zero-order valence-corrected chi connectivity index (χ0v) is 17.3. The number of hydrogen-bond acceptors (Lipinski definition) is 5. The Labute approximate surface area is 176 Å². The number of para-hydroxylation sites is 2. The van der Waals surface area contributed by atoms with Gasteiger partial charge in [-0.3, -0.25) is 0 Å². The fraction of sp³-hybridized carbons (Fsp3) is 0.304. The monoisotopic (exact) mass is 403 g/mol. The van der Waals surface area contributed by atoms with Gasteiger partial charge in [-0.2, -0.15) is 0 Å². The van der Waals surface area contributed by atoms with Gasteiger partial charge in [-0.25, -0.2) is 14.3 Å². The number of ether oxygens (including phenoxy) is 1. The zero-order valence-electron chi connectivity index (χ0n) is 17.3. The van der Waals surface area contributed by atoms with Crippen LogP contribution in [0.25, 0.3) is 11.0 Å². The fourth-order valence-electron chi connectivity index (χ4n) is 3.77. The molecule has 0 aliphatic carbocycles. The molecule has 3 aromatic rings. The highest BCUT2D eigenvalue weighted by atomic mass is 16.5. The molecule has 1 amide bonds. The van der Waals surface area contributed by atoms with Crippen molar-refractivity contribution in [1.29, 1.82) is 0 Å². The number of rotatable bonds is 3. The number of methoxy groups -OCH3 is 1. The van der Waals surface area contributed by atoms with E-state index in [0.29, 0.717) is 23.5 Å². The number of amides is 1. The van der Waals surface area contributed by atoms with Crippen molar-refractivity contribution in [2.75, 3.05) is 45.2 Å². The smallest absolute Gasteiger partial charge is 0.324 e. The molecule has 7 nitrogen and oxygen atoms in total. The van der Waals surface area contributed by atoms with Crippen molar-refractivity contribution < 1.29 is 9.53 Å². The average molecular weight is 403 g/mol. The van der Waals surface area contributed by atoms with E-state index in [2.05, 4.69) is 34.8 Å². The van der Waals surface area contributed by atoms with Gasteiger partial charge in [0.05, 0.1) is 30.3 Å². The molecular weight excluding hydrogens is 378 g/mol. The van der Waals surface area contributed by atoms with Gasteiger partial charge in [0.15, 0.2) is 0 Å². The molecule has 1 fully saturated rings. The predicted molar refractivity (Wildman–Crippen MR) is 118 cm³/mol. The fourth-order valence-corrected chi connectivity index (χ4v) is 3.77. The average Bonchev–Trinajstić information content (AvgIpc) is 3.13. The summed E-state index contributed by atoms with van der Waals surface area (Å²) in [5.41, 5.74) is 9.02. The number of likely N-dealkylation sites (N-methyl/N-ethyl adjacent to an activating group) is 1. The van der Waals surface area contributed by atoms with Gasteiger partial charge < -0.3 is 20.3 Å². The molecule has 0 unspecified atom stereocenters. The third-order valence-electron chi connectivity index (χ3n) is 5.37. The summed E-state index contributed by atoms with van der Waals surface area (Å²) in [6.07, 6.45) is 0.303. The van der Waals surface area contributed by atoms with E-state index in [1.165, 1.54) is 4.57 Å². The first-order valence-corrected chi connectivity index (χ1v) is 9.94. The topological polar surface area (TPSA) is 76.6 Å². The summed E-state index contributed by atoms with van der Waals surface area (Å²) in [6, 6.07) is 12.9. The Bertz CT molecular complexity index is 1130. The maximum Gasteiger partial charge on any atom is 0.324 e. The molecule has 0 bridgehead atoms. The number of primary amides is 1. The van der Waals surface area contributed by atoms with Crippen LogP contribution in [0.15, 0.2) is 42.5 Å². The number of nitrogens with zero attached hydrogens (tertiary/aromatic N) is 4. The minimum atomic E-state index is -0.554. The summed E-state index contributed by atoms with van der Waals surface area (Å²) in [4.78, 5) is 21.6. The van der Waals surface area contributed by atoms with Gasteiger partial charge >= 0.3 is 6.03 Å². The highest BCUT2D eigenvalue weighted by Gasteiger charge is 2.21. The number of imidazole rings is 1. The van der Waals surface area contributed by atoms with Crippen molar-refractivity contribution in [2.45, 2.75) is 6.42 Å². The number of carbonyl (C=O) groups excluding carboxylic acids is 1. The number of carbonyl (C=O) groups is 1. The number of nitrogens with two attached hydrogens (primary N) is 1. The van der Waals surface area contributed by atoms with Crippen LogP contribution in [0.2, 0.25) is 0 Å². The third kappa shape index (κ3) is 3.82. The normalized spacial score (nSPS) is 14.4. The zero-order chi connectivity index (χ0) is 21.1. The van der Waals surface area contributed by atoms with Crippen LogP contribution < -0.4 is 15.4 Å². The summed E-state index contributed by atoms with van der Waals surface area (Å²) in [5.74, 6) is 7.48. The van der Waals surface area contributed by atoms with E-state index in [1.54, 1.807) is 7.11 Å². The Hall–Kier alpha value is -3.50. The number of benzene rings is 2. The molecule has 0 atom stereocenters. The van der Waals surface area contributed by atoms with E-state index in [1.807, 2.05) is 36.4 Å². The Balaban J connectivity index is 1.70. The van der Waals surface area contributed by atoms with E-state index in [-0.39, 0.29) is 0 Å². The molecule has 0 saturated carbocycles. The number of aromatic nitrogens is 2. The molecule has 1 saturated heterocycles. The summed E-state index contributed by atoms with van der Waals surface area (Å²) in [5, 5.41) is 0. The second-order valence-electron chi connectivity index (χ2n) is 7.32. The van der Waals surface area contributed by atoms with Gasteiger partial charge in [0.25, 0.3) is 0 Å². The number of piperazine rings is 1. The molecule has 154 valence electrons. The summed E-state index contributed by atoms with van der Waals surface area (Å²) in [7, 11) is 3.74. The molecule has 2 N–H and O–H groups in total. The van der Waals surface area contributed by atoms with Crippen molar-refractivity contribution >= 4 is 22.8 Å². The van der Waals surface area contributed by atoms with E-state index in [0.717, 1.165) is 42.9 Å². The Morgan fingerprint density at radius 1 is 1.13 bits per heavy atom. The van der Waals surface area contributed by atoms with Gasteiger partial charge in [-0.15, -0.1) is 0 Å². The quantitative estimate of drug-likeness (QED) is 0.679. The van der Waals surface area contributed by atoms with Crippen LogP contribution in [0.4, 0.5) is 10.5 Å². The van der Waals surface area contributed by atoms with Crippen LogP contribution in [0.1, 0.15) is 11.4 Å². The summed E-state index contributed by atoms with van der Waals surface area (Å²) < 4.78 is 6.81. The molecule has 1 aliphatic rings.